The lowest BCUT2D eigenvalue weighted by Crippen LogP contribution is -2.30. The second-order valence-electron chi connectivity index (χ2n) is 5.64. The molecule has 6 nitrogen and oxygen atoms in total. The Labute approximate surface area is 140 Å². The van der Waals surface area contributed by atoms with E-state index >= 15 is 0 Å². The zero-order valence-corrected chi connectivity index (χ0v) is 13.4. The quantitative estimate of drug-likeness (QED) is 0.739. The van der Waals surface area contributed by atoms with E-state index in [1.165, 1.54) is 11.1 Å². The minimum atomic E-state index is 0.540. The zero-order chi connectivity index (χ0) is 16.4. The molecule has 0 saturated heterocycles. The van der Waals surface area contributed by atoms with Gasteiger partial charge in [-0.2, -0.15) is 0 Å². The van der Waals surface area contributed by atoms with Gasteiger partial charge in [-0.3, -0.25) is 0 Å². The molecule has 0 unspecified atom stereocenters. The fraction of sp³-hybridized carbons (Fsp3) is 0.222. The first kappa shape index (κ1) is 14.6. The highest BCUT2D eigenvalue weighted by atomic mass is 16.5. The zero-order valence-electron chi connectivity index (χ0n) is 13.4. The number of ether oxygens (including phenoxy) is 1. The molecule has 0 radical (unpaired) electrons. The Morgan fingerprint density at radius 1 is 0.958 bits per heavy atom. The van der Waals surface area contributed by atoms with E-state index in [2.05, 4.69) is 37.0 Å². The van der Waals surface area contributed by atoms with E-state index in [0.29, 0.717) is 11.6 Å². The predicted octanol–water partition coefficient (Wildman–Crippen LogP) is 2.50. The van der Waals surface area contributed by atoms with Crippen molar-refractivity contribution in [2.45, 2.75) is 13.0 Å². The van der Waals surface area contributed by atoms with Crippen LogP contribution in [-0.2, 0) is 13.0 Å². The van der Waals surface area contributed by atoms with Gasteiger partial charge in [0.15, 0.2) is 11.6 Å². The summed E-state index contributed by atoms with van der Waals surface area (Å²) in [6, 6.07) is 8.05. The highest BCUT2D eigenvalue weighted by Gasteiger charge is 2.18. The Morgan fingerprint density at radius 2 is 1.71 bits per heavy atom. The molecule has 1 aromatic carbocycles. The van der Waals surface area contributed by atoms with Gasteiger partial charge in [-0.25, -0.2) is 19.9 Å². The molecule has 3 heterocycles. The second kappa shape index (κ2) is 6.23. The van der Waals surface area contributed by atoms with Gasteiger partial charge in [-0.15, -0.1) is 0 Å². The summed E-state index contributed by atoms with van der Waals surface area (Å²) in [6.45, 7) is 1.78. The van der Waals surface area contributed by atoms with E-state index in [1.54, 1.807) is 25.6 Å². The van der Waals surface area contributed by atoms with Crippen LogP contribution in [0.4, 0.5) is 5.69 Å². The van der Waals surface area contributed by atoms with Crippen LogP contribution in [0.2, 0.25) is 0 Å². The largest absolute Gasteiger partial charge is 0.497 e. The molecule has 1 aliphatic rings. The van der Waals surface area contributed by atoms with Gasteiger partial charge < -0.3 is 9.64 Å². The van der Waals surface area contributed by atoms with Crippen molar-refractivity contribution >= 4 is 5.69 Å². The molecular weight excluding hydrogens is 302 g/mol. The molecule has 0 spiro atoms. The van der Waals surface area contributed by atoms with Crippen molar-refractivity contribution in [1.82, 2.24) is 19.9 Å². The van der Waals surface area contributed by atoms with Gasteiger partial charge in [0.05, 0.1) is 25.2 Å². The Morgan fingerprint density at radius 3 is 2.46 bits per heavy atom. The molecule has 0 saturated carbocycles. The average Bonchev–Trinajstić information content (AvgIpc) is 2.68. The standard InChI is InChI=1S/C18H17N5O/c1-24-16-4-3-13-5-8-23(12-14(13)9-16)15-10-21-18(22-11-15)17-19-6-2-7-20-17/h2-4,6-7,9-11H,5,8,12H2,1H3. The van der Waals surface area contributed by atoms with Crippen molar-refractivity contribution in [2.75, 3.05) is 18.6 Å². The Balaban J connectivity index is 1.56. The molecule has 120 valence electrons. The molecule has 3 aromatic rings. The van der Waals surface area contributed by atoms with Crippen LogP contribution in [0.3, 0.4) is 0 Å². The smallest absolute Gasteiger partial charge is 0.197 e. The van der Waals surface area contributed by atoms with Crippen molar-refractivity contribution in [3.05, 3.63) is 60.2 Å². The molecular formula is C18H17N5O. The maximum absolute atomic E-state index is 5.33. The third kappa shape index (κ3) is 2.78. The molecule has 0 aliphatic carbocycles. The molecule has 0 fully saturated rings. The van der Waals surface area contributed by atoms with Gasteiger partial charge in [0.2, 0.25) is 0 Å². The molecule has 2 aromatic heterocycles. The third-order valence-corrected chi connectivity index (χ3v) is 4.19. The average molecular weight is 319 g/mol. The van der Waals surface area contributed by atoms with Gasteiger partial charge in [0.25, 0.3) is 0 Å². The van der Waals surface area contributed by atoms with E-state index < -0.39 is 0 Å². The van der Waals surface area contributed by atoms with Crippen molar-refractivity contribution in [1.29, 1.82) is 0 Å². The van der Waals surface area contributed by atoms with Crippen LogP contribution < -0.4 is 9.64 Å². The lowest BCUT2D eigenvalue weighted by atomic mass is 9.99. The lowest BCUT2D eigenvalue weighted by Gasteiger charge is -2.30. The second-order valence-corrected chi connectivity index (χ2v) is 5.64. The maximum atomic E-state index is 5.33. The highest BCUT2D eigenvalue weighted by Crippen LogP contribution is 2.27. The van der Waals surface area contributed by atoms with Gasteiger partial charge in [-0.1, -0.05) is 6.07 Å². The molecule has 4 rings (SSSR count). The number of fused-ring (bicyclic) bond motifs is 1. The Bertz CT molecular complexity index is 836. The SMILES string of the molecule is COc1ccc2c(c1)CN(c1cnc(-c3ncccn3)nc1)CC2. The number of anilines is 1. The van der Waals surface area contributed by atoms with E-state index in [1.807, 2.05) is 18.5 Å². The molecule has 24 heavy (non-hydrogen) atoms. The van der Waals surface area contributed by atoms with E-state index in [9.17, 15) is 0 Å². The number of aromatic nitrogens is 4. The van der Waals surface area contributed by atoms with Gasteiger partial charge in [0, 0.05) is 25.5 Å². The van der Waals surface area contributed by atoms with Crippen LogP contribution in [0.1, 0.15) is 11.1 Å². The summed E-state index contributed by atoms with van der Waals surface area (Å²) < 4.78 is 5.33. The van der Waals surface area contributed by atoms with Crippen LogP contribution in [0.25, 0.3) is 11.6 Å². The topological polar surface area (TPSA) is 64.0 Å². The number of rotatable bonds is 3. The summed E-state index contributed by atoms with van der Waals surface area (Å²) >= 11 is 0. The number of hydrogen-bond donors (Lipinski definition) is 0. The highest BCUT2D eigenvalue weighted by molar-refractivity contribution is 5.51. The number of benzene rings is 1. The number of methoxy groups -OCH3 is 1. The monoisotopic (exact) mass is 319 g/mol. The first-order valence-electron chi connectivity index (χ1n) is 7.83. The van der Waals surface area contributed by atoms with Crippen molar-refractivity contribution < 1.29 is 4.74 Å². The Kier molecular flexibility index (Phi) is 3.78. The minimum Gasteiger partial charge on any atom is -0.497 e. The summed E-state index contributed by atoms with van der Waals surface area (Å²) in [5, 5.41) is 0. The van der Waals surface area contributed by atoms with E-state index in [4.69, 9.17) is 4.74 Å². The maximum Gasteiger partial charge on any atom is 0.197 e. The predicted molar refractivity (Wildman–Crippen MR) is 90.8 cm³/mol. The Hall–Kier alpha value is -3.02. The van der Waals surface area contributed by atoms with E-state index in [-0.39, 0.29) is 0 Å². The van der Waals surface area contributed by atoms with Crippen molar-refractivity contribution in [2.24, 2.45) is 0 Å². The first-order chi connectivity index (χ1) is 11.8. The molecule has 0 N–H and O–H groups in total. The van der Waals surface area contributed by atoms with Crippen molar-refractivity contribution in [3.8, 4) is 17.4 Å². The summed E-state index contributed by atoms with van der Waals surface area (Å²) in [7, 11) is 1.69. The van der Waals surface area contributed by atoms with Crippen LogP contribution in [0, 0.1) is 0 Å². The fourth-order valence-corrected chi connectivity index (χ4v) is 2.90. The summed E-state index contributed by atoms with van der Waals surface area (Å²) in [5.74, 6) is 1.97. The van der Waals surface area contributed by atoms with Gasteiger partial charge >= 0.3 is 0 Å². The number of nitrogens with zero attached hydrogens (tertiary/aromatic N) is 5. The van der Waals surface area contributed by atoms with Gasteiger partial charge in [-0.05, 0) is 35.7 Å². The van der Waals surface area contributed by atoms with Crippen LogP contribution in [0.15, 0.2) is 49.1 Å². The van der Waals surface area contributed by atoms with E-state index in [0.717, 1.165) is 30.9 Å². The third-order valence-electron chi connectivity index (χ3n) is 4.19. The molecule has 1 aliphatic heterocycles. The minimum absolute atomic E-state index is 0.540. The summed E-state index contributed by atoms with van der Waals surface area (Å²) in [5.41, 5.74) is 3.67. The summed E-state index contributed by atoms with van der Waals surface area (Å²) in [6.07, 6.45) is 8.06. The van der Waals surface area contributed by atoms with Crippen LogP contribution in [-0.4, -0.2) is 33.6 Å². The lowest BCUT2D eigenvalue weighted by molar-refractivity contribution is 0.413. The molecule has 0 bridgehead atoms. The fourth-order valence-electron chi connectivity index (χ4n) is 2.90. The molecule has 6 heteroatoms. The number of hydrogen-bond acceptors (Lipinski definition) is 6. The van der Waals surface area contributed by atoms with Crippen molar-refractivity contribution in [3.63, 3.8) is 0 Å². The van der Waals surface area contributed by atoms with Crippen LogP contribution >= 0.6 is 0 Å². The first-order valence-corrected chi connectivity index (χ1v) is 7.83. The molecule has 0 atom stereocenters. The van der Waals surface area contributed by atoms with Crippen LogP contribution in [0.5, 0.6) is 5.75 Å². The normalized spacial score (nSPS) is 13.5. The molecule has 0 amide bonds. The van der Waals surface area contributed by atoms with Gasteiger partial charge in [0.1, 0.15) is 5.75 Å². The summed E-state index contributed by atoms with van der Waals surface area (Å²) in [4.78, 5) is 19.5.